The number of hydrogen-bond donors (Lipinski definition) is 1. The number of unbranched alkanes of at least 4 members (excludes halogenated alkanes) is 1. The van der Waals surface area contributed by atoms with Crippen LogP contribution in [0.25, 0.3) is 11.3 Å². The first kappa shape index (κ1) is 19.3. The second-order valence-electron chi connectivity index (χ2n) is 6.62. The molecule has 150 valence electrons. The molecule has 7 heteroatoms. The van der Waals surface area contributed by atoms with Crippen molar-refractivity contribution in [2.24, 2.45) is 0 Å². The topological polar surface area (TPSA) is 69.7 Å². The first-order valence-corrected chi connectivity index (χ1v) is 10.5. The molecule has 0 radical (unpaired) electrons. The van der Waals surface area contributed by atoms with Crippen LogP contribution in [0.15, 0.2) is 53.9 Å². The molecular formula is C22H22N2O4S. The van der Waals surface area contributed by atoms with Crippen LogP contribution in [0.4, 0.5) is 5.13 Å². The summed E-state index contributed by atoms with van der Waals surface area (Å²) in [6.07, 6.45) is 1.44. The maximum absolute atomic E-state index is 12.5. The summed E-state index contributed by atoms with van der Waals surface area (Å²) in [5.74, 6) is 1.79. The van der Waals surface area contributed by atoms with Gasteiger partial charge in [-0.25, -0.2) is 4.98 Å². The van der Waals surface area contributed by atoms with Crippen molar-refractivity contribution in [2.45, 2.75) is 25.9 Å². The van der Waals surface area contributed by atoms with Crippen LogP contribution in [0.2, 0.25) is 0 Å². The maximum atomic E-state index is 12.5. The Morgan fingerprint density at radius 1 is 1.21 bits per heavy atom. The van der Waals surface area contributed by atoms with Crippen molar-refractivity contribution in [3.05, 3.63) is 53.9 Å². The molecule has 1 amide bonds. The molecule has 1 N–H and O–H groups in total. The van der Waals surface area contributed by atoms with Crippen molar-refractivity contribution in [1.29, 1.82) is 0 Å². The third-order valence-corrected chi connectivity index (χ3v) is 5.21. The molecule has 0 saturated heterocycles. The highest BCUT2D eigenvalue weighted by Gasteiger charge is 2.27. The first-order valence-electron chi connectivity index (χ1n) is 9.61. The number of amides is 1. The molecule has 0 saturated carbocycles. The van der Waals surface area contributed by atoms with Crippen molar-refractivity contribution in [3.8, 4) is 28.5 Å². The molecule has 4 rings (SSSR count). The van der Waals surface area contributed by atoms with E-state index in [2.05, 4.69) is 17.2 Å². The summed E-state index contributed by atoms with van der Waals surface area (Å²) < 4.78 is 17.0. The zero-order valence-corrected chi connectivity index (χ0v) is 16.9. The van der Waals surface area contributed by atoms with Crippen LogP contribution in [0, 0.1) is 0 Å². The molecule has 1 aliphatic heterocycles. The number of rotatable bonds is 7. The Balaban J connectivity index is 1.36. The molecule has 0 aliphatic carbocycles. The number of thiazole rings is 1. The van der Waals surface area contributed by atoms with Gasteiger partial charge in [0.1, 0.15) is 12.4 Å². The number of benzene rings is 2. The Hall–Kier alpha value is -3.06. The van der Waals surface area contributed by atoms with Gasteiger partial charge < -0.3 is 14.2 Å². The summed E-state index contributed by atoms with van der Waals surface area (Å²) >= 11 is 1.37. The third kappa shape index (κ3) is 4.68. The summed E-state index contributed by atoms with van der Waals surface area (Å²) in [6.45, 7) is 3.03. The predicted molar refractivity (Wildman–Crippen MR) is 113 cm³/mol. The summed E-state index contributed by atoms with van der Waals surface area (Å²) in [7, 11) is 0. The number of nitrogens with one attached hydrogen (secondary N) is 1. The Morgan fingerprint density at radius 2 is 2.00 bits per heavy atom. The lowest BCUT2D eigenvalue weighted by Crippen LogP contribution is -2.40. The SMILES string of the molecule is CCCCOc1ccc(-c2csc(NC(=O)C3COc4ccccc4O3)n2)cc1. The molecular weight excluding hydrogens is 388 g/mol. The van der Waals surface area contributed by atoms with Gasteiger partial charge in [-0.1, -0.05) is 25.5 Å². The molecule has 1 unspecified atom stereocenters. The summed E-state index contributed by atoms with van der Waals surface area (Å²) in [4.78, 5) is 17.0. The van der Waals surface area contributed by atoms with Crippen LogP contribution >= 0.6 is 11.3 Å². The molecule has 1 aliphatic rings. The average molecular weight is 410 g/mol. The van der Waals surface area contributed by atoms with E-state index in [1.807, 2.05) is 47.8 Å². The summed E-state index contributed by atoms with van der Waals surface area (Å²) in [5, 5.41) is 5.25. The molecule has 6 nitrogen and oxygen atoms in total. The van der Waals surface area contributed by atoms with Gasteiger partial charge in [-0.3, -0.25) is 10.1 Å². The van der Waals surface area contributed by atoms with Gasteiger partial charge in [-0.2, -0.15) is 0 Å². The molecule has 1 atom stereocenters. The zero-order chi connectivity index (χ0) is 20.1. The van der Waals surface area contributed by atoms with E-state index in [9.17, 15) is 4.79 Å². The monoisotopic (exact) mass is 410 g/mol. The Labute approximate surface area is 173 Å². The van der Waals surface area contributed by atoms with Crippen LogP contribution in [0.1, 0.15) is 19.8 Å². The van der Waals surface area contributed by atoms with Crippen LogP contribution in [-0.4, -0.2) is 30.2 Å². The van der Waals surface area contributed by atoms with E-state index in [1.165, 1.54) is 11.3 Å². The standard InChI is InChI=1S/C22H22N2O4S/c1-2-3-12-26-16-10-8-15(9-11-16)17-14-29-22(23-17)24-21(25)20-13-27-18-6-4-5-7-19(18)28-20/h4-11,14,20H,2-3,12-13H2,1H3,(H,23,24,25). The number of carbonyl (C=O) groups excluding carboxylic acids is 1. The van der Waals surface area contributed by atoms with E-state index in [0.29, 0.717) is 16.6 Å². The molecule has 1 aromatic heterocycles. The van der Waals surface area contributed by atoms with Gasteiger partial charge in [-0.15, -0.1) is 11.3 Å². The van der Waals surface area contributed by atoms with Crippen molar-refractivity contribution >= 4 is 22.4 Å². The molecule has 2 heterocycles. The number of carbonyl (C=O) groups is 1. The third-order valence-electron chi connectivity index (χ3n) is 4.45. The van der Waals surface area contributed by atoms with Gasteiger partial charge in [-0.05, 0) is 42.8 Å². The van der Waals surface area contributed by atoms with E-state index >= 15 is 0 Å². The van der Waals surface area contributed by atoms with Gasteiger partial charge in [0.2, 0.25) is 6.10 Å². The quantitative estimate of drug-likeness (QED) is 0.568. The minimum atomic E-state index is -0.711. The largest absolute Gasteiger partial charge is 0.494 e. The normalized spacial score (nSPS) is 15.0. The molecule has 0 spiro atoms. The first-order chi connectivity index (χ1) is 14.2. The smallest absolute Gasteiger partial charge is 0.270 e. The van der Waals surface area contributed by atoms with Gasteiger partial charge in [0.25, 0.3) is 5.91 Å². The van der Waals surface area contributed by atoms with E-state index in [1.54, 1.807) is 6.07 Å². The van der Waals surface area contributed by atoms with Crippen LogP contribution in [0.5, 0.6) is 17.2 Å². The molecule has 29 heavy (non-hydrogen) atoms. The second kappa shape index (κ2) is 8.96. The van der Waals surface area contributed by atoms with Gasteiger partial charge in [0, 0.05) is 10.9 Å². The molecule has 2 aromatic carbocycles. The number of hydrogen-bond acceptors (Lipinski definition) is 6. The molecule has 3 aromatic rings. The van der Waals surface area contributed by atoms with Crippen LogP contribution < -0.4 is 19.5 Å². The van der Waals surface area contributed by atoms with Crippen molar-refractivity contribution in [1.82, 2.24) is 4.98 Å². The number of aromatic nitrogens is 1. The van der Waals surface area contributed by atoms with Crippen LogP contribution in [0.3, 0.4) is 0 Å². The predicted octanol–water partition coefficient (Wildman–Crippen LogP) is 4.77. The van der Waals surface area contributed by atoms with E-state index < -0.39 is 6.10 Å². The number of para-hydroxylation sites is 2. The van der Waals surface area contributed by atoms with Gasteiger partial charge in [0.05, 0.1) is 12.3 Å². The Kier molecular flexibility index (Phi) is 5.95. The van der Waals surface area contributed by atoms with Crippen molar-refractivity contribution < 1.29 is 19.0 Å². The van der Waals surface area contributed by atoms with E-state index in [4.69, 9.17) is 14.2 Å². The maximum Gasteiger partial charge on any atom is 0.270 e. The second-order valence-corrected chi connectivity index (χ2v) is 7.48. The minimum Gasteiger partial charge on any atom is -0.494 e. The van der Waals surface area contributed by atoms with Gasteiger partial charge >= 0.3 is 0 Å². The fourth-order valence-corrected chi connectivity index (χ4v) is 3.58. The highest BCUT2D eigenvalue weighted by Crippen LogP contribution is 2.31. The Bertz CT molecular complexity index is 971. The van der Waals surface area contributed by atoms with Crippen LogP contribution in [-0.2, 0) is 4.79 Å². The Morgan fingerprint density at radius 3 is 2.79 bits per heavy atom. The zero-order valence-electron chi connectivity index (χ0n) is 16.1. The number of anilines is 1. The lowest BCUT2D eigenvalue weighted by molar-refractivity contribution is -0.125. The summed E-state index contributed by atoms with van der Waals surface area (Å²) in [6, 6.07) is 15.1. The minimum absolute atomic E-state index is 0.167. The highest BCUT2D eigenvalue weighted by atomic mass is 32.1. The number of nitrogens with zero attached hydrogens (tertiary/aromatic N) is 1. The molecule has 0 bridgehead atoms. The number of ether oxygens (including phenoxy) is 3. The fourth-order valence-electron chi connectivity index (χ4n) is 2.85. The van der Waals surface area contributed by atoms with Crippen molar-refractivity contribution in [2.75, 3.05) is 18.5 Å². The van der Waals surface area contributed by atoms with Gasteiger partial charge in [0.15, 0.2) is 16.6 Å². The number of fused-ring (bicyclic) bond motifs is 1. The fraction of sp³-hybridized carbons (Fsp3) is 0.273. The van der Waals surface area contributed by atoms with Crippen molar-refractivity contribution in [3.63, 3.8) is 0 Å². The highest BCUT2D eigenvalue weighted by molar-refractivity contribution is 7.14. The van der Waals surface area contributed by atoms with E-state index in [0.717, 1.165) is 36.5 Å². The lowest BCUT2D eigenvalue weighted by Gasteiger charge is -2.25. The average Bonchev–Trinajstić information content (AvgIpc) is 3.22. The van der Waals surface area contributed by atoms with E-state index in [-0.39, 0.29) is 12.5 Å². The summed E-state index contributed by atoms with van der Waals surface area (Å²) in [5.41, 5.74) is 1.77. The lowest BCUT2D eigenvalue weighted by atomic mass is 10.2. The molecule has 0 fully saturated rings.